The van der Waals surface area contributed by atoms with Gasteiger partial charge >= 0.3 is 217 Å². The Bertz CT molecular complexity index is 4000. The number of ether oxygens (including phenoxy) is 5. The molecule has 0 bridgehead atoms. The maximum Gasteiger partial charge on any atom is 0.462 e. The number of aliphatic hydroxyl groups excluding tert-OH is 6. The molecule has 0 spiro atoms. The largest absolute Gasteiger partial charge is 0.462 e. The molecule has 0 aliphatic heterocycles. The molecule has 11 nitrogen and oxygen atoms in total. The van der Waals surface area contributed by atoms with Crippen molar-refractivity contribution in [1.29, 1.82) is 0 Å². The molecular weight excluding hydrogens is 2350 g/mol. The van der Waals surface area contributed by atoms with Crippen LogP contribution in [-0.4, -0.2) is 319 Å². The summed E-state index contributed by atoms with van der Waals surface area (Å²) in [7, 11) is 0. The van der Waals surface area contributed by atoms with Crippen LogP contribution < -0.4 is 0 Å². The van der Waals surface area contributed by atoms with Crippen molar-refractivity contribution in [3.05, 3.63) is 0 Å². The number of aliphatic hydroxyl groups is 6. The smallest absolute Gasteiger partial charge is 0.394 e. The molecule has 0 saturated heterocycles. The Morgan fingerprint density at radius 1 is 0.126 bits per heavy atom. The van der Waals surface area contributed by atoms with Gasteiger partial charge in [-0.3, -0.25) is 18.9 Å². The van der Waals surface area contributed by atoms with E-state index in [4.69, 9.17) is 0 Å². The van der Waals surface area contributed by atoms with Gasteiger partial charge in [-0.25, -0.2) is 0 Å². The van der Waals surface area contributed by atoms with Gasteiger partial charge in [0.05, 0.1) is 13.2 Å². The summed E-state index contributed by atoms with van der Waals surface area (Å²) in [4.78, 5) is 0. The quantitative estimate of drug-likeness (QED) is 0.0323. The van der Waals surface area contributed by atoms with E-state index >= 15 is 263 Å². The minimum atomic E-state index is -17.1. The van der Waals surface area contributed by atoms with E-state index in [0.717, 1.165) is 0 Å². The number of hydrogen-bond acceptors (Lipinski definition) is 11. The highest BCUT2D eigenvalue weighted by Crippen LogP contribution is 2.84. The van der Waals surface area contributed by atoms with E-state index in [1.165, 1.54) is 0 Å². The van der Waals surface area contributed by atoms with Crippen molar-refractivity contribution >= 4 is 0 Å². The summed E-state index contributed by atoms with van der Waals surface area (Å²) in [5.41, 5.74) is -99.9. The standard InChI is InChI=1S/C48H14F84O11/c49-13(50,21(65,66)33(89,90)91)7(5(137)3(135)1-133,9(15(53,54)23(69,70)35(95,96)97,140-45(125,126)29(81,82)41(113,114)115)11(17(57,58)25(73,74)37(101,102)103,18(59,60)26(75,76)38(104,105)106)142-47(129,130)31(85,86)43(119,120)121)139-8(6(138)4(136)2-134,14(51,52)22(67,68)34(92,93)94)10(16(55,56)24(71,72)36(98,99)100,141-46(127,128)30(83,84)42(116,117)118)12(19(61,62)27(77,78)39(107,108)109,20(63,64)28(79,80)40(110,111)112)143-48(131,132)32(87,88)44(122,123)124/h3-6,133-138H,1-2H2/t3-,4-,5-,6-,7-,8+,9-,10-/m1/s1. The molecule has 8 atom stereocenters. The lowest BCUT2D eigenvalue weighted by atomic mass is 9.51. The van der Waals surface area contributed by atoms with E-state index in [-0.39, 0.29) is 0 Å². The third kappa shape index (κ3) is 17.6. The van der Waals surface area contributed by atoms with Crippen LogP contribution in [0.5, 0.6) is 0 Å². The van der Waals surface area contributed by atoms with Gasteiger partial charge in [-0.05, 0) is 0 Å². The molecule has 0 aliphatic rings. The lowest BCUT2D eigenvalue weighted by molar-refractivity contribution is -0.622. The van der Waals surface area contributed by atoms with E-state index in [1.54, 1.807) is 0 Å². The SMILES string of the molecule is OC[C@@H](O)[C@@H](O)[C@@](O[C@@]([C@H](O)[C@H](O)CO)(C(F)(F)C(F)(F)C(F)(F)F)[C@](OC(F)(F)C(F)(F)C(F)(F)F)(C(F)(F)C(F)(F)C(F)(F)F)C(OC(F)(F)C(F)(F)C(F)(F)F)(C(F)(F)C(F)(F)C(F)(F)F)C(F)(F)C(F)(F)C(F)(F)F)(C(F)(F)C(F)(F)C(F)(F)F)[C@](OC(F)(F)C(F)(F)C(F)(F)F)(C(F)(F)C(F)(F)C(F)(F)F)C(OC(F)(F)C(F)(F)C(F)(F)F)(C(F)(F)C(F)(F)C(F)(F)F)C(F)(F)C(F)(F)C(F)(F)F. The molecule has 0 unspecified atom stereocenters. The lowest BCUT2D eigenvalue weighted by Crippen LogP contribution is -3.03. The van der Waals surface area contributed by atoms with Gasteiger partial charge in [-0.2, -0.15) is 369 Å². The second-order valence-electron chi connectivity index (χ2n) is 26.6. The Morgan fingerprint density at radius 2 is 0.224 bits per heavy atom. The molecule has 0 fully saturated rings. The Balaban J connectivity index is 18.9. The predicted molar refractivity (Wildman–Crippen MR) is 251 cm³/mol. The molecule has 0 heterocycles. The van der Waals surface area contributed by atoms with Gasteiger partial charge in [-0.1, -0.05) is 0 Å². The molecule has 143 heavy (non-hydrogen) atoms. The van der Waals surface area contributed by atoms with Crippen LogP contribution in [0.3, 0.4) is 0 Å². The molecule has 95 heteroatoms. The first-order valence-corrected chi connectivity index (χ1v) is 30.6. The van der Waals surface area contributed by atoms with E-state index in [0.29, 0.717) is 0 Å². The average molecular weight is 2360 g/mol. The maximum atomic E-state index is 19.2. The van der Waals surface area contributed by atoms with Gasteiger partial charge in [0.1, 0.15) is 24.4 Å². The van der Waals surface area contributed by atoms with Crippen LogP contribution in [0.1, 0.15) is 0 Å². The zero-order valence-corrected chi connectivity index (χ0v) is 61.2. The normalized spacial score (nSPS) is 19.4. The molecule has 0 radical (unpaired) electrons. The molecule has 0 saturated carbocycles. The number of rotatable bonds is 40. The number of hydrogen-bond donors (Lipinski definition) is 6. The molecule has 0 aromatic rings. The van der Waals surface area contributed by atoms with Gasteiger partial charge in [0.15, 0.2) is 0 Å². The van der Waals surface area contributed by atoms with Gasteiger partial charge in [0.2, 0.25) is 22.4 Å². The zero-order valence-electron chi connectivity index (χ0n) is 61.2. The van der Waals surface area contributed by atoms with E-state index in [9.17, 15) is 136 Å². The maximum absolute atomic E-state index is 19.2. The summed E-state index contributed by atoms with van der Waals surface area (Å²) in [6, 6.07) is 0. The van der Waals surface area contributed by atoms with Crippen molar-refractivity contribution in [3.63, 3.8) is 0 Å². The number of alkyl halides is 84. The summed E-state index contributed by atoms with van der Waals surface area (Å²) in [5, 5.41) is 61.6. The topological polar surface area (TPSA) is 168 Å². The van der Waals surface area contributed by atoms with Crippen molar-refractivity contribution in [3.8, 4) is 0 Å². The predicted octanol–water partition coefficient (Wildman–Crippen LogP) is 22.8. The monoisotopic (exact) mass is 2360 g/mol. The Hall–Kier alpha value is -6.32. The molecule has 0 aliphatic carbocycles. The van der Waals surface area contributed by atoms with Crippen LogP contribution >= 0.6 is 0 Å². The number of halogens is 84. The van der Waals surface area contributed by atoms with Crippen LogP contribution in [0.2, 0.25) is 0 Å². The minimum absolute atomic E-state index is 0.523. The van der Waals surface area contributed by atoms with Crippen LogP contribution in [0, 0.1) is 0 Å². The van der Waals surface area contributed by atoms with Crippen molar-refractivity contribution in [1.82, 2.24) is 0 Å². The fourth-order valence-corrected chi connectivity index (χ4v) is 11.1. The first-order chi connectivity index (χ1) is 60.3. The van der Waals surface area contributed by atoms with E-state index in [1.807, 2.05) is 0 Å². The summed E-state index contributed by atoms with van der Waals surface area (Å²) in [6.07, 6.45) is -240. The first kappa shape index (κ1) is 137. The van der Waals surface area contributed by atoms with Crippen molar-refractivity contribution in [2.75, 3.05) is 13.2 Å². The lowest BCUT2D eigenvalue weighted by Gasteiger charge is -2.71. The third-order valence-electron chi connectivity index (χ3n) is 17.9. The van der Waals surface area contributed by atoms with Crippen LogP contribution in [0.15, 0.2) is 0 Å². The molecular formula is C48H14F84O11. The average Bonchev–Trinajstić information content (AvgIpc) is 0.613. The second kappa shape index (κ2) is 35.1. The highest BCUT2D eigenvalue weighted by Gasteiger charge is 3.16. The van der Waals surface area contributed by atoms with E-state index in [2.05, 4.69) is 0 Å². The van der Waals surface area contributed by atoms with Crippen molar-refractivity contribution in [2.24, 2.45) is 0 Å². The molecule has 6 N–H and O–H groups in total. The highest BCUT2D eigenvalue weighted by atomic mass is 19.5. The third-order valence-corrected chi connectivity index (χ3v) is 17.9. The molecule has 0 aromatic heterocycles. The van der Waals surface area contributed by atoms with Crippen LogP contribution in [0.4, 0.5) is 369 Å². The first-order valence-electron chi connectivity index (χ1n) is 30.6. The molecule has 0 aromatic carbocycles. The summed E-state index contributed by atoms with van der Waals surface area (Å²) >= 11 is 0. The summed E-state index contributed by atoms with van der Waals surface area (Å²) in [5.74, 6) is -280. The van der Waals surface area contributed by atoms with Gasteiger partial charge in [-0.15, -0.1) is 0 Å². The van der Waals surface area contributed by atoms with Crippen molar-refractivity contribution < 1.29 is 423 Å². The van der Waals surface area contributed by atoms with E-state index < -0.39 is 312 Å². The van der Waals surface area contributed by atoms with Crippen LogP contribution in [0.25, 0.3) is 0 Å². The fourth-order valence-electron chi connectivity index (χ4n) is 11.1. The van der Waals surface area contributed by atoms with Crippen LogP contribution in [-0.2, 0) is 23.7 Å². The molecule has 860 valence electrons. The van der Waals surface area contributed by atoms with Gasteiger partial charge in [0.25, 0.3) is 11.2 Å². The van der Waals surface area contributed by atoms with Crippen molar-refractivity contribution in [2.45, 2.75) is 275 Å². The Labute approximate surface area is 712 Å². The summed E-state index contributed by atoms with van der Waals surface area (Å²) < 4.78 is 1360. The second-order valence-corrected chi connectivity index (χ2v) is 26.6. The van der Waals surface area contributed by atoms with Gasteiger partial charge < -0.3 is 35.4 Å². The Morgan fingerprint density at radius 3 is 0.329 bits per heavy atom. The fraction of sp³-hybridized carbons (Fsp3) is 1.00. The minimum Gasteiger partial charge on any atom is -0.394 e. The van der Waals surface area contributed by atoms with Gasteiger partial charge in [0, 0.05) is 0 Å². The zero-order chi connectivity index (χ0) is 118. The molecule has 0 rings (SSSR count). The Kier molecular flexibility index (Phi) is 33.6. The summed E-state index contributed by atoms with van der Waals surface area (Å²) in [6.45, 7) is -13.5. The highest BCUT2D eigenvalue weighted by molar-refractivity contribution is 5.46. The molecule has 0 amide bonds.